The first-order valence-corrected chi connectivity index (χ1v) is 5.57. The van der Waals surface area contributed by atoms with Crippen molar-refractivity contribution >= 4 is 6.09 Å². The van der Waals surface area contributed by atoms with Crippen LogP contribution in [0.1, 0.15) is 34.1 Å². The minimum atomic E-state index is -0.800. The van der Waals surface area contributed by atoms with Gasteiger partial charge in [0.15, 0.2) is 0 Å². The molecule has 15 heavy (non-hydrogen) atoms. The summed E-state index contributed by atoms with van der Waals surface area (Å²) in [6, 6.07) is 0.251. The molecule has 4 nitrogen and oxygen atoms in total. The van der Waals surface area contributed by atoms with E-state index in [1.54, 1.807) is 4.90 Å². The molecule has 1 saturated heterocycles. The van der Waals surface area contributed by atoms with E-state index >= 15 is 0 Å². The minimum Gasteiger partial charge on any atom is -0.465 e. The van der Waals surface area contributed by atoms with Gasteiger partial charge in [0.2, 0.25) is 0 Å². The molecule has 1 fully saturated rings. The van der Waals surface area contributed by atoms with Gasteiger partial charge in [-0.05, 0) is 25.3 Å². The zero-order valence-electron chi connectivity index (χ0n) is 10.1. The highest BCUT2D eigenvalue weighted by molar-refractivity contribution is 5.65. The smallest absolute Gasteiger partial charge is 0.407 e. The molecule has 0 radical (unpaired) electrons. The Morgan fingerprint density at radius 3 is 2.53 bits per heavy atom. The fourth-order valence-electron chi connectivity index (χ4n) is 2.53. The van der Waals surface area contributed by atoms with Crippen LogP contribution in [0.2, 0.25) is 0 Å². The summed E-state index contributed by atoms with van der Waals surface area (Å²) in [5.41, 5.74) is -0.0326. The molecule has 0 bridgehead atoms. The highest BCUT2D eigenvalue weighted by Gasteiger charge is 2.38. The molecule has 0 spiro atoms. The maximum absolute atomic E-state index is 11.2. The highest BCUT2D eigenvalue weighted by Crippen LogP contribution is 2.28. The molecule has 1 unspecified atom stereocenters. The van der Waals surface area contributed by atoms with Gasteiger partial charge in [0.05, 0.1) is 6.04 Å². The Morgan fingerprint density at radius 1 is 1.47 bits per heavy atom. The highest BCUT2D eigenvalue weighted by atomic mass is 16.4. The van der Waals surface area contributed by atoms with E-state index < -0.39 is 6.09 Å². The van der Waals surface area contributed by atoms with Crippen LogP contribution in [0.4, 0.5) is 4.79 Å². The third-order valence-electron chi connectivity index (χ3n) is 2.98. The second-order valence-corrected chi connectivity index (χ2v) is 5.38. The Labute approximate surface area is 91.6 Å². The molecule has 0 aromatic rings. The van der Waals surface area contributed by atoms with Crippen LogP contribution in [0.25, 0.3) is 0 Å². The van der Waals surface area contributed by atoms with Crippen molar-refractivity contribution < 1.29 is 9.90 Å². The summed E-state index contributed by atoms with van der Waals surface area (Å²) in [6.45, 7) is 9.88. The summed E-state index contributed by atoms with van der Waals surface area (Å²) in [5.74, 6) is 0. The average Bonchev–Trinajstić information content (AvgIpc) is 2.24. The minimum absolute atomic E-state index is 0.0326. The largest absolute Gasteiger partial charge is 0.465 e. The van der Waals surface area contributed by atoms with Gasteiger partial charge in [0.1, 0.15) is 0 Å². The van der Waals surface area contributed by atoms with Crippen molar-refractivity contribution in [3.05, 3.63) is 0 Å². The average molecular weight is 214 g/mol. The van der Waals surface area contributed by atoms with E-state index in [2.05, 4.69) is 33.0 Å². The predicted octanol–water partition coefficient (Wildman–Crippen LogP) is 1.76. The lowest BCUT2D eigenvalue weighted by Gasteiger charge is -2.40. The van der Waals surface area contributed by atoms with Gasteiger partial charge in [-0.25, -0.2) is 4.79 Å². The third kappa shape index (κ3) is 2.84. The molecule has 1 aliphatic rings. The van der Waals surface area contributed by atoms with Crippen molar-refractivity contribution in [1.82, 2.24) is 10.2 Å². The van der Waals surface area contributed by atoms with Gasteiger partial charge in [-0.3, -0.25) is 0 Å². The van der Waals surface area contributed by atoms with E-state index in [1.165, 1.54) is 0 Å². The van der Waals surface area contributed by atoms with E-state index in [9.17, 15) is 9.90 Å². The van der Waals surface area contributed by atoms with Crippen molar-refractivity contribution in [1.29, 1.82) is 0 Å². The van der Waals surface area contributed by atoms with Crippen molar-refractivity contribution in [2.75, 3.05) is 13.1 Å². The molecule has 2 N–H and O–H groups in total. The first kappa shape index (κ1) is 12.3. The Balaban J connectivity index is 2.94. The van der Waals surface area contributed by atoms with E-state index in [0.717, 1.165) is 13.0 Å². The molecular formula is C11H22N2O2. The van der Waals surface area contributed by atoms with Crippen LogP contribution in [0.15, 0.2) is 0 Å². The number of hydrogen-bond acceptors (Lipinski definition) is 2. The van der Waals surface area contributed by atoms with Gasteiger partial charge in [-0.2, -0.15) is 0 Å². The Hall–Kier alpha value is -0.770. The van der Waals surface area contributed by atoms with Crippen LogP contribution in [0, 0.1) is 5.41 Å². The zero-order chi connectivity index (χ0) is 11.6. The second-order valence-electron chi connectivity index (χ2n) is 5.38. The maximum Gasteiger partial charge on any atom is 0.407 e. The molecule has 4 heteroatoms. The number of rotatable bonds is 0. The van der Waals surface area contributed by atoms with E-state index in [4.69, 9.17) is 0 Å². The van der Waals surface area contributed by atoms with Crippen LogP contribution >= 0.6 is 0 Å². The molecule has 1 aliphatic heterocycles. The summed E-state index contributed by atoms with van der Waals surface area (Å²) in [6.07, 6.45) is 0.0916. The van der Waals surface area contributed by atoms with Crippen LogP contribution in [0.3, 0.4) is 0 Å². The first-order valence-electron chi connectivity index (χ1n) is 5.57. The van der Waals surface area contributed by atoms with Gasteiger partial charge >= 0.3 is 6.09 Å². The maximum atomic E-state index is 11.2. The zero-order valence-corrected chi connectivity index (χ0v) is 10.1. The van der Waals surface area contributed by atoms with Crippen LogP contribution < -0.4 is 5.32 Å². The fourth-order valence-corrected chi connectivity index (χ4v) is 2.53. The normalized spacial score (nSPS) is 28.7. The first-order chi connectivity index (χ1) is 6.84. The summed E-state index contributed by atoms with van der Waals surface area (Å²) >= 11 is 0. The summed E-state index contributed by atoms with van der Waals surface area (Å²) in [7, 11) is 0. The van der Waals surface area contributed by atoms with Crippen molar-refractivity contribution in [2.45, 2.75) is 46.2 Å². The Bertz CT molecular complexity index is 235. The van der Waals surface area contributed by atoms with Crippen LogP contribution in [-0.4, -0.2) is 41.3 Å². The molecular weight excluding hydrogens is 192 g/mol. The molecule has 0 aromatic carbocycles. The van der Waals surface area contributed by atoms with Crippen molar-refractivity contribution in [3.63, 3.8) is 0 Å². The third-order valence-corrected chi connectivity index (χ3v) is 2.98. The lowest BCUT2D eigenvalue weighted by Crippen LogP contribution is -2.54. The molecule has 2 atom stereocenters. The fraction of sp³-hybridized carbons (Fsp3) is 0.909. The molecule has 1 heterocycles. The molecule has 0 aromatic heterocycles. The lowest BCUT2D eigenvalue weighted by molar-refractivity contribution is 0.0738. The van der Waals surface area contributed by atoms with Crippen molar-refractivity contribution in [2.24, 2.45) is 5.41 Å². The van der Waals surface area contributed by atoms with E-state index in [-0.39, 0.29) is 17.5 Å². The Morgan fingerprint density at radius 2 is 2.07 bits per heavy atom. The number of nitrogens with one attached hydrogen (secondary N) is 1. The SMILES string of the molecule is CC1NCCCN(C(=O)O)[C@H]1C(C)(C)C. The summed E-state index contributed by atoms with van der Waals surface area (Å²) < 4.78 is 0. The topological polar surface area (TPSA) is 52.6 Å². The molecule has 88 valence electrons. The second kappa shape index (κ2) is 4.39. The van der Waals surface area contributed by atoms with E-state index in [1.807, 2.05) is 0 Å². The van der Waals surface area contributed by atoms with Gasteiger partial charge in [0.25, 0.3) is 0 Å². The summed E-state index contributed by atoms with van der Waals surface area (Å²) in [4.78, 5) is 12.8. The number of carbonyl (C=O) groups is 1. The molecule has 1 amide bonds. The number of hydrogen-bond donors (Lipinski definition) is 2. The van der Waals surface area contributed by atoms with Crippen LogP contribution in [-0.2, 0) is 0 Å². The predicted molar refractivity (Wildman–Crippen MR) is 60.1 cm³/mol. The van der Waals surface area contributed by atoms with Crippen LogP contribution in [0.5, 0.6) is 0 Å². The van der Waals surface area contributed by atoms with Gasteiger partial charge in [-0.15, -0.1) is 0 Å². The monoisotopic (exact) mass is 214 g/mol. The summed E-state index contributed by atoms with van der Waals surface area (Å²) in [5, 5.41) is 12.6. The van der Waals surface area contributed by atoms with E-state index in [0.29, 0.717) is 6.54 Å². The molecule has 0 aliphatic carbocycles. The quantitative estimate of drug-likeness (QED) is 0.646. The molecule has 0 saturated carbocycles. The van der Waals surface area contributed by atoms with Gasteiger partial charge in [-0.1, -0.05) is 20.8 Å². The number of amides is 1. The van der Waals surface area contributed by atoms with Gasteiger partial charge in [0, 0.05) is 12.6 Å². The lowest BCUT2D eigenvalue weighted by atomic mass is 9.82. The number of carboxylic acid groups (broad SMARTS) is 1. The van der Waals surface area contributed by atoms with Gasteiger partial charge < -0.3 is 15.3 Å². The Kier molecular flexibility index (Phi) is 3.60. The molecule has 1 rings (SSSR count). The van der Waals surface area contributed by atoms with Crippen molar-refractivity contribution in [3.8, 4) is 0 Å². The standard InChI is InChI=1S/C11H22N2O2/c1-8-9(11(2,3)4)13(10(14)15)7-5-6-12-8/h8-9,12H,5-7H2,1-4H3,(H,14,15)/t8?,9-/m1/s1. The number of nitrogens with zero attached hydrogens (tertiary/aromatic N) is 1.